The van der Waals surface area contributed by atoms with Crippen molar-refractivity contribution in [1.29, 1.82) is 0 Å². The lowest BCUT2D eigenvalue weighted by atomic mass is 10.1. The molecule has 0 atom stereocenters. The van der Waals surface area contributed by atoms with Crippen LogP contribution in [0.2, 0.25) is 0 Å². The molecule has 2 aromatic carbocycles. The number of aryl methyl sites for hydroxylation is 2. The predicted octanol–water partition coefficient (Wildman–Crippen LogP) is 3.75. The van der Waals surface area contributed by atoms with Crippen LogP contribution in [0.25, 0.3) is 0 Å². The number of hydrogen-bond donors (Lipinski definition) is 1. The van der Waals surface area contributed by atoms with Crippen molar-refractivity contribution in [2.75, 3.05) is 31.6 Å². The first-order chi connectivity index (χ1) is 15.4. The number of amides is 2. The van der Waals surface area contributed by atoms with Gasteiger partial charge in [0, 0.05) is 18.7 Å². The largest absolute Gasteiger partial charge is 0.494 e. The SMILES string of the molecule is CCCN(CC(=O)Nc1ccccc1C)C(=O)COC(=O)CCc1ccccc1OCC. The minimum absolute atomic E-state index is 0.0969. The number of carbonyl (C=O) groups excluding carboxylic acids is 3. The van der Waals surface area contributed by atoms with E-state index in [9.17, 15) is 14.4 Å². The number of ether oxygens (including phenoxy) is 2. The highest BCUT2D eigenvalue weighted by Gasteiger charge is 2.19. The van der Waals surface area contributed by atoms with Crippen molar-refractivity contribution in [3.63, 3.8) is 0 Å². The highest BCUT2D eigenvalue weighted by atomic mass is 16.5. The molecule has 0 fully saturated rings. The smallest absolute Gasteiger partial charge is 0.306 e. The Labute approximate surface area is 189 Å². The van der Waals surface area contributed by atoms with E-state index < -0.39 is 11.9 Å². The van der Waals surface area contributed by atoms with Crippen LogP contribution < -0.4 is 10.1 Å². The second-order valence-corrected chi connectivity index (χ2v) is 7.38. The fourth-order valence-corrected chi connectivity index (χ4v) is 3.19. The number of benzene rings is 2. The summed E-state index contributed by atoms with van der Waals surface area (Å²) in [6.07, 6.45) is 1.28. The first-order valence-electron chi connectivity index (χ1n) is 10.9. The van der Waals surface area contributed by atoms with E-state index in [2.05, 4.69) is 5.32 Å². The van der Waals surface area contributed by atoms with E-state index in [4.69, 9.17) is 9.47 Å². The Bertz CT molecular complexity index is 913. The van der Waals surface area contributed by atoms with Gasteiger partial charge in [-0.3, -0.25) is 14.4 Å². The molecule has 0 saturated heterocycles. The minimum Gasteiger partial charge on any atom is -0.494 e. The maximum Gasteiger partial charge on any atom is 0.306 e. The van der Waals surface area contributed by atoms with Crippen LogP contribution in [0, 0.1) is 6.92 Å². The zero-order valence-electron chi connectivity index (χ0n) is 19.1. The first kappa shape index (κ1) is 24.9. The summed E-state index contributed by atoms with van der Waals surface area (Å²) in [4.78, 5) is 38.5. The molecular formula is C25H32N2O5. The Morgan fingerprint density at radius 2 is 1.72 bits per heavy atom. The molecule has 0 spiro atoms. The quantitative estimate of drug-likeness (QED) is 0.508. The molecule has 172 valence electrons. The number of para-hydroxylation sites is 2. The predicted molar refractivity (Wildman–Crippen MR) is 124 cm³/mol. The van der Waals surface area contributed by atoms with Crippen molar-refractivity contribution in [1.82, 2.24) is 4.90 Å². The summed E-state index contributed by atoms with van der Waals surface area (Å²) in [7, 11) is 0. The average molecular weight is 441 g/mol. The lowest BCUT2D eigenvalue weighted by Gasteiger charge is -2.21. The van der Waals surface area contributed by atoms with Gasteiger partial charge in [0.05, 0.1) is 13.2 Å². The molecule has 1 N–H and O–H groups in total. The van der Waals surface area contributed by atoms with Crippen LogP contribution >= 0.6 is 0 Å². The Balaban J connectivity index is 1.83. The summed E-state index contributed by atoms with van der Waals surface area (Å²) in [5.41, 5.74) is 2.56. The van der Waals surface area contributed by atoms with Crippen LogP contribution in [-0.2, 0) is 25.5 Å². The number of hydrogen-bond acceptors (Lipinski definition) is 5. The zero-order valence-corrected chi connectivity index (χ0v) is 19.1. The molecule has 0 aliphatic carbocycles. The van der Waals surface area contributed by atoms with Crippen LogP contribution in [0.15, 0.2) is 48.5 Å². The van der Waals surface area contributed by atoms with Gasteiger partial charge >= 0.3 is 5.97 Å². The summed E-state index contributed by atoms with van der Waals surface area (Å²) in [6, 6.07) is 15.0. The first-order valence-corrected chi connectivity index (χ1v) is 10.9. The average Bonchev–Trinajstić information content (AvgIpc) is 2.78. The second kappa shape index (κ2) is 13.1. The minimum atomic E-state index is -0.467. The summed E-state index contributed by atoms with van der Waals surface area (Å²) < 4.78 is 10.7. The fourth-order valence-electron chi connectivity index (χ4n) is 3.19. The number of esters is 1. The lowest BCUT2D eigenvalue weighted by Crippen LogP contribution is -2.40. The Morgan fingerprint density at radius 1 is 1.00 bits per heavy atom. The number of anilines is 1. The monoisotopic (exact) mass is 440 g/mol. The molecule has 0 aromatic heterocycles. The van der Waals surface area contributed by atoms with Gasteiger partial charge in [0.2, 0.25) is 5.91 Å². The fraction of sp³-hybridized carbons (Fsp3) is 0.400. The Kier molecular flexibility index (Phi) is 10.2. The zero-order chi connectivity index (χ0) is 23.3. The van der Waals surface area contributed by atoms with Gasteiger partial charge in [-0.15, -0.1) is 0 Å². The third-order valence-electron chi connectivity index (χ3n) is 4.83. The Morgan fingerprint density at radius 3 is 2.44 bits per heavy atom. The maximum atomic E-state index is 12.6. The molecule has 0 aliphatic heterocycles. The number of nitrogens with zero attached hydrogens (tertiary/aromatic N) is 1. The van der Waals surface area contributed by atoms with E-state index >= 15 is 0 Å². The van der Waals surface area contributed by atoms with Gasteiger partial charge in [0.25, 0.3) is 5.91 Å². The van der Waals surface area contributed by atoms with E-state index in [1.807, 2.05) is 69.3 Å². The third-order valence-corrected chi connectivity index (χ3v) is 4.83. The summed E-state index contributed by atoms with van der Waals surface area (Å²) in [5.74, 6) is -0.409. The summed E-state index contributed by atoms with van der Waals surface area (Å²) in [6.45, 7) is 6.18. The van der Waals surface area contributed by atoms with Gasteiger partial charge < -0.3 is 19.7 Å². The van der Waals surface area contributed by atoms with E-state index in [1.165, 1.54) is 4.90 Å². The topological polar surface area (TPSA) is 84.9 Å². The van der Waals surface area contributed by atoms with Crippen molar-refractivity contribution < 1.29 is 23.9 Å². The van der Waals surface area contributed by atoms with Crippen molar-refractivity contribution >= 4 is 23.5 Å². The molecule has 0 heterocycles. The van der Waals surface area contributed by atoms with Gasteiger partial charge in [0.1, 0.15) is 5.75 Å². The van der Waals surface area contributed by atoms with Crippen molar-refractivity contribution in [2.24, 2.45) is 0 Å². The Hall–Kier alpha value is -3.35. The number of nitrogens with one attached hydrogen (secondary N) is 1. The van der Waals surface area contributed by atoms with E-state index in [0.29, 0.717) is 31.7 Å². The van der Waals surface area contributed by atoms with Crippen molar-refractivity contribution in [3.8, 4) is 5.75 Å². The van der Waals surface area contributed by atoms with Gasteiger partial charge in [-0.1, -0.05) is 43.3 Å². The lowest BCUT2D eigenvalue weighted by molar-refractivity contribution is -0.152. The molecule has 32 heavy (non-hydrogen) atoms. The molecule has 7 nitrogen and oxygen atoms in total. The molecule has 2 aromatic rings. The van der Waals surface area contributed by atoms with E-state index in [0.717, 1.165) is 16.9 Å². The van der Waals surface area contributed by atoms with Crippen LogP contribution in [0.3, 0.4) is 0 Å². The summed E-state index contributed by atoms with van der Waals surface area (Å²) in [5, 5.41) is 2.82. The molecule has 0 bridgehead atoms. The summed E-state index contributed by atoms with van der Waals surface area (Å²) >= 11 is 0. The molecule has 2 rings (SSSR count). The number of carbonyl (C=O) groups is 3. The molecule has 2 amide bonds. The van der Waals surface area contributed by atoms with Gasteiger partial charge in [0.15, 0.2) is 6.61 Å². The second-order valence-electron chi connectivity index (χ2n) is 7.38. The van der Waals surface area contributed by atoms with Gasteiger partial charge in [-0.2, -0.15) is 0 Å². The van der Waals surface area contributed by atoms with Crippen LogP contribution in [-0.4, -0.2) is 49.0 Å². The highest BCUT2D eigenvalue weighted by molar-refractivity contribution is 5.95. The van der Waals surface area contributed by atoms with Crippen LogP contribution in [0.1, 0.15) is 37.8 Å². The molecule has 7 heteroatoms. The molecule has 0 saturated carbocycles. The number of rotatable bonds is 12. The van der Waals surface area contributed by atoms with Crippen LogP contribution in [0.4, 0.5) is 5.69 Å². The molecule has 0 radical (unpaired) electrons. The highest BCUT2D eigenvalue weighted by Crippen LogP contribution is 2.19. The van der Waals surface area contributed by atoms with E-state index in [-0.39, 0.29) is 25.5 Å². The van der Waals surface area contributed by atoms with Crippen molar-refractivity contribution in [3.05, 3.63) is 59.7 Å². The van der Waals surface area contributed by atoms with Gasteiger partial charge in [-0.25, -0.2) is 0 Å². The van der Waals surface area contributed by atoms with Crippen LogP contribution in [0.5, 0.6) is 5.75 Å². The maximum absolute atomic E-state index is 12.6. The molecule has 0 unspecified atom stereocenters. The van der Waals surface area contributed by atoms with E-state index in [1.54, 1.807) is 0 Å². The molecule has 0 aliphatic rings. The third kappa shape index (κ3) is 8.06. The standard InChI is InChI=1S/C25H32N2O5/c1-4-16-27(17-23(28)26-21-12-8-6-10-19(21)3)24(29)18-32-25(30)15-14-20-11-7-9-13-22(20)31-5-2/h6-13H,4-5,14-18H2,1-3H3,(H,26,28). The molecular weight excluding hydrogens is 408 g/mol. The van der Waals surface area contributed by atoms with Gasteiger partial charge in [-0.05, 0) is 49.9 Å². The normalized spacial score (nSPS) is 10.3. The van der Waals surface area contributed by atoms with Crippen molar-refractivity contribution in [2.45, 2.75) is 40.0 Å².